The first kappa shape index (κ1) is 13.2. The Balaban J connectivity index is 1.93. The summed E-state index contributed by atoms with van der Waals surface area (Å²) in [7, 11) is 3.60. The van der Waals surface area contributed by atoms with Gasteiger partial charge in [-0.3, -0.25) is 0 Å². The lowest BCUT2D eigenvalue weighted by Gasteiger charge is -2.19. The number of H-pyrrole nitrogens is 1. The summed E-state index contributed by atoms with van der Waals surface area (Å²) in [5, 5.41) is 0. The maximum atomic E-state index is 5.74. The third-order valence-corrected chi connectivity index (χ3v) is 3.20. The molecule has 0 unspecified atom stereocenters. The molecule has 3 rings (SSSR count). The summed E-state index contributed by atoms with van der Waals surface area (Å²) >= 11 is 0. The molecule has 0 aliphatic rings. The number of anilines is 2. The summed E-state index contributed by atoms with van der Waals surface area (Å²) in [6, 6.07) is 7.90. The molecule has 1 aromatic carbocycles. The number of ether oxygens (including phenoxy) is 1. The van der Waals surface area contributed by atoms with Crippen molar-refractivity contribution in [3.05, 3.63) is 36.2 Å². The zero-order valence-electron chi connectivity index (χ0n) is 11.9. The monoisotopic (exact) mass is 284 g/mol. The van der Waals surface area contributed by atoms with Gasteiger partial charge in [0.15, 0.2) is 11.5 Å². The van der Waals surface area contributed by atoms with Crippen LogP contribution < -0.4 is 15.4 Å². The molecule has 0 radical (unpaired) electrons. The maximum Gasteiger partial charge on any atom is 0.224 e. The first-order chi connectivity index (χ1) is 10.2. The molecule has 3 aromatic rings. The van der Waals surface area contributed by atoms with Crippen LogP contribution in [0.3, 0.4) is 0 Å². The number of hydrogen-bond acceptors (Lipinski definition) is 6. The molecule has 0 atom stereocenters. The predicted octanol–water partition coefficient (Wildman–Crippen LogP) is 1.58. The number of nitrogens with two attached hydrogens (primary N) is 1. The van der Waals surface area contributed by atoms with Gasteiger partial charge in [0.05, 0.1) is 13.4 Å². The van der Waals surface area contributed by atoms with E-state index in [1.54, 1.807) is 13.4 Å². The molecule has 0 aliphatic heterocycles. The second-order valence-electron chi connectivity index (χ2n) is 4.71. The van der Waals surface area contributed by atoms with Crippen molar-refractivity contribution in [1.29, 1.82) is 0 Å². The average Bonchev–Trinajstić information content (AvgIpc) is 2.94. The minimum atomic E-state index is 0.210. The van der Waals surface area contributed by atoms with Gasteiger partial charge in [-0.15, -0.1) is 0 Å². The van der Waals surface area contributed by atoms with Crippen LogP contribution in [0, 0.1) is 0 Å². The summed E-state index contributed by atoms with van der Waals surface area (Å²) in [4.78, 5) is 17.6. The van der Waals surface area contributed by atoms with E-state index in [1.165, 1.54) is 0 Å². The fraction of sp³-hybridized carbons (Fsp3) is 0.214. The third kappa shape index (κ3) is 2.58. The molecule has 21 heavy (non-hydrogen) atoms. The number of nitrogens with one attached hydrogen (secondary N) is 1. The maximum absolute atomic E-state index is 5.74. The highest BCUT2D eigenvalue weighted by Gasteiger charge is 2.13. The number of aromatic amines is 1. The van der Waals surface area contributed by atoms with Crippen molar-refractivity contribution < 1.29 is 4.74 Å². The van der Waals surface area contributed by atoms with Gasteiger partial charge in [-0.25, -0.2) is 4.98 Å². The molecule has 0 spiro atoms. The molecule has 2 heterocycles. The molecule has 0 saturated carbocycles. The van der Waals surface area contributed by atoms with Crippen LogP contribution in [0.2, 0.25) is 0 Å². The van der Waals surface area contributed by atoms with Gasteiger partial charge in [0.2, 0.25) is 5.95 Å². The highest BCUT2D eigenvalue weighted by molar-refractivity contribution is 5.83. The molecule has 108 valence electrons. The number of fused-ring (bicyclic) bond motifs is 1. The molecule has 3 N–H and O–H groups in total. The first-order valence-corrected chi connectivity index (χ1v) is 6.48. The van der Waals surface area contributed by atoms with Crippen LogP contribution in [0.5, 0.6) is 5.75 Å². The Kier molecular flexibility index (Phi) is 3.31. The third-order valence-electron chi connectivity index (χ3n) is 3.20. The topological polar surface area (TPSA) is 92.9 Å². The fourth-order valence-electron chi connectivity index (χ4n) is 2.23. The highest BCUT2D eigenvalue weighted by Crippen LogP contribution is 2.23. The second-order valence-corrected chi connectivity index (χ2v) is 4.71. The van der Waals surface area contributed by atoms with Crippen LogP contribution in [0.25, 0.3) is 11.2 Å². The van der Waals surface area contributed by atoms with Gasteiger partial charge in [0, 0.05) is 13.6 Å². The molecular formula is C14H16N6O. The molecule has 2 aromatic heterocycles. The fourth-order valence-corrected chi connectivity index (χ4v) is 2.23. The van der Waals surface area contributed by atoms with Gasteiger partial charge in [-0.05, 0) is 17.7 Å². The van der Waals surface area contributed by atoms with Crippen molar-refractivity contribution in [2.45, 2.75) is 6.54 Å². The summed E-state index contributed by atoms with van der Waals surface area (Å²) in [6.45, 7) is 0.668. The van der Waals surface area contributed by atoms with Crippen LogP contribution >= 0.6 is 0 Å². The zero-order chi connectivity index (χ0) is 14.8. The lowest BCUT2D eigenvalue weighted by atomic mass is 10.2. The molecule has 0 amide bonds. The lowest BCUT2D eigenvalue weighted by molar-refractivity contribution is 0.414. The molecule has 0 aliphatic carbocycles. The number of methoxy groups -OCH3 is 1. The largest absolute Gasteiger partial charge is 0.497 e. The molecule has 0 fully saturated rings. The first-order valence-electron chi connectivity index (χ1n) is 6.48. The Labute approximate surface area is 121 Å². The van der Waals surface area contributed by atoms with Crippen molar-refractivity contribution >= 4 is 22.9 Å². The zero-order valence-corrected chi connectivity index (χ0v) is 11.9. The van der Waals surface area contributed by atoms with E-state index in [0.717, 1.165) is 22.6 Å². The van der Waals surface area contributed by atoms with Crippen molar-refractivity contribution in [1.82, 2.24) is 19.9 Å². The number of aromatic nitrogens is 4. The minimum absolute atomic E-state index is 0.210. The van der Waals surface area contributed by atoms with E-state index in [9.17, 15) is 0 Å². The van der Waals surface area contributed by atoms with Crippen molar-refractivity contribution in [3.63, 3.8) is 0 Å². The van der Waals surface area contributed by atoms with Gasteiger partial charge in [0.25, 0.3) is 0 Å². The molecule has 0 bridgehead atoms. The van der Waals surface area contributed by atoms with E-state index in [0.29, 0.717) is 12.2 Å². The molecule has 0 saturated heterocycles. The van der Waals surface area contributed by atoms with E-state index >= 15 is 0 Å². The van der Waals surface area contributed by atoms with Gasteiger partial charge in [-0.1, -0.05) is 12.1 Å². The van der Waals surface area contributed by atoms with Crippen molar-refractivity contribution in [3.8, 4) is 5.75 Å². The number of rotatable bonds is 4. The SMILES string of the molecule is COc1cccc(CN(C)c2nc(N)nc3nc[nH]c23)c1. The lowest BCUT2D eigenvalue weighted by Crippen LogP contribution is -2.19. The van der Waals surface area contributed by atoms with E-state index in [1.807, 2.05) is 36.2 Å². The smallest absolute Gasteiger partial charge is 0.224 e. The quantitative estimate of drug-likeness (QED) is 0.755. The van der Waals surface area contributed by atoms with Crippen molar-refractivity contribution in [2.24, 2.45) is 0 Å². The number of benzene rings is 1. The number of nitrogen functional groups attached to an aromatic ring is 1. The Morgan fingerprint density at radius 1 is 1.33 bits per heavy atom. The van der Waals surface area contributed by atoms with Crippen LogP contribution in [-0.2, 0) is 6.54 Å². The summed E-state index contributed by atoms with van der Waals surface area (Å²) < 4.78 is 5.24. The Morgan fingerprint density at radius 3 is 3.00 bits per heavy atom. The predicted molar refractivity (Wildman–Crippen MR) is 81.2 cm³/mol. The van der Waals surface area contributed by atoms with Gasteiger partial charge < -0.3 is 20.4 Å². The number of imidazole rings is 1. The van der Waals surface area contributed by atoms with Crippen LogP contribution in [0.1, 0.15) is 5.56 Å². The van der Waals surface area contributed by atoms with E-state index < -0.39 is 0 Å². The van der Waals surface area contributed by atoms with Crippen LogP contribution in [0.15, 0.2) is 30.6 Å². The Bertz CT molecular complexity index is 769. The van der Waals surface area contributed by atoms with Gasteiger partial charge >= 0.3 is 0 Å². The summed E-state index contributed by atoms with van der Waals surface area (Å²) in [6.07, 6.45) is 1.58. The van der Waals surface area contributed by atoms with E-state index in [-0.39, 0.29) is 5.95 Å². The summed E-state index contributed by atoms with van der Waals surface area (Å²) in [5.41, 5.74) is 8.19. The highest BCUT2D eigenvalue weighted by atomic mass is 16.5. The van der Waals surface area contributed by atoms with Gasteiger partial charge in [0.1, 0.15) is 11.3 Å². The minimum Gasteiger partial charge on any atom is -0.497 e. The Hall–Kier alpha value is -2.83. The molecule has 7 heteroatoms. The van der Waals surface area contributed by atoms with E-state index in [4.69, 9.17) is 10.5 Å². The molecule has 7 nitrogen and oxygen atoms in total. The molecular weight excluding hydrogens is 268 g/mol. The number of nitrogens with zero attached hydrogens (tertiary/aromatic N) is 4. The summed E-state index contributed by atoms with van der Waals surface area (Å²) in [5.74, 6) is 1.76. The number of hydrogen-bond donors (Lipinski definition) is 2. The average molecular weight is 284 g/mol. The van der Waals surface area contributed by atoms with Crippen molar-refractivity contribution in [2.75, 3.05) is 24.8 Å². The van der Waals surface area contributed by atoms with Crippen LogP contribution in [0.4, 0.5) is 11.8 Å². The van der Waals surface area contributed by atoms with E-state index in [2.05, 4.69) is 19.9 Å². The van der Waals surface area contributed by atoms with Gasteiger partial charge in [-0.2, -0.15) is 9.97 Å². The Morgan fingerprint density at radius 2 is 2.19 bits per heavy atom. The second kappa shape index (κ2) is 5.28. The normalized spacial score (nSPS) is 10.8. The standard InChI is InChI=1S/C14H16N6O/c1-20(7-9-4-3-5-10(6-9)21-2)13-11-12(17-8-16-11)18-14(15)19-13/h3-6,8H,7H2,1-2H3,(H3,15,16,17,18,19). The van der Waals surface area contributed by atoms with Crippen LogP contribution in [-0.4, -0.2) is 34.1 Å².